The number of ether oxygens (including phenoxy) is 2. The molecule has 0 aliphatic carbocycles. The summed E-state index contributed by atoms with van der Waals surface area (Å²) in [6, 6.07) is 2.55. The van der Waals surface area contributed by atoms with Crippen LogP contribution in [0.15, 0.2) is 22.8 Å². The molecule has 1 amide bonds. The van der Waals surface area contributed by atoms with Crippen LogP contribution in [0, 0.1) is 0 Å². The summed E-state index contributed by atoms with van der Waals surface area (Å²) in [5, 5.41) is 33.3. The van der Waals surface area contributed by atoms with Crippen molar-refractivity contribution in [2.45, 2.75) is 37.6 Å². The van der Waals surface area contributed by atoms with Gasteiger partial charge in [-0.3, -0.25) is 4.79 Å². The van der Waals surface area contributed by atoms with E-state index in [0.29, 0.717) is 20.6 Å². The van der Waals surface area contributed by atoms with Gasteiger partial charge in [-0.15, -0.1) is 0 Å². The highest BCUT2D eigenvalue weighted by Crippen LogP contribution is 2.38. The van der Waals surface area contributed by atoms with Crippen LogP contribution >= 0.6 is 27.5 Å². The van der Waals surface area contributed by atoms with E-state index in [0.717, 1.165) is 5.52 Å². The van der Waals surface area contributed by atoms with Gasteiger partial charge in [-0.25, -0.2) is 0 Å². The molecule has 5 atom stereocenters. The van der Waals surface area contributed by atoms with E-state index in [-0.39, 0.29) is 0 Å². The largest absolute Gasteiger partial charge is 0.460 e. The molecule has 1 aliphatic rings. The minimum absolute atomic E-state index is 0.340. The van der Waals surface area contributed by atoms with Crippen molar-refractivity contribution in [1.82, 2.24) is 10.3 Å². The summed E-state index contributed by atoms with van der Waals surface area (Å²) in [4.78, 5) is 14.5. The molecule has 2 heterocycles. The van der Waals surface area contributed by atoms with Gasteiger partial charge >= 0.3 is 0 Å². The van der Waals surface area contributed by atoms with Crippen LogP contribution in [0.4, 0.5) is 0 Å². The molecule has 1 aromatic heterocycles. The van der Waals surface area contributed by atoms with E-state index in [9.17, 15) is 20.1 Å². The molecule has 1 fully saturated rings. The Bertz CT molecular complexity index is 815. The van der Waals surface area contributed by atoms with Gasteiger partial charge in [0.25, 0.3) is 0 Å². The molecule has 10 heteroatoms. The van der Waals surface area contributed by atoms with E-state index in [1.807, 2.05) is 0 Å². The zero-order chi connectivity index (χ0) is 19.0. The Morgan fingerprint density at radius 2 is 2.15 bits per heavy atom. The lowest BCUT2D eigenvalue weighted by Gasteiger charge is -2.41. The predicted molar refractivity (Wildman–Crippen MR) is 97.0 cm³/mol. The van der Waals surface area contributed by atoms with Crippen LogP contribution in [0.5, 0.6) is 5.75 Å². The molecule has 2 unspecified atom stereocenters. The third kappa shape index (κ3) is 3.55. The topological polar surface area (TPSA) is 124 Å². The van der Waals surface area contributed by atoms with Crippen LogP contribution in [0.3, 0.4) is 0 Å². The lowest BCUT2D eigenvalue weighted by atomic mass is 9.97. The highest BCUT2D eigenvalue weighted by atomic mass is 79.9. The van der Waals surface area contributed by atoms with Crippen molar-refractivity contribution in [3.63, 3.8) is 0 Å². The van der Waals surface area contributed by atoms with Crippen molar-refractivity contribution in [2.24, 2.45) is 0 Å². The van der Waals surface area contributed by atoms with Crippen molar-refractivity contribution in [3.05, 3.63) is 27.8 Å². The summed E-state index contributed by atoms with van der Waals surface area (Å²) >= 11 is 9.68. The van der Waals surface area contributed by atoms with E-state index in [1.54, 1.807) is 18.3 Å². The first-order chi connectivity index (χ1) is 12.3. The molecule has 5 N–H and O–H groups in total. The standard InChI is InChI=1S/C16H18BrClN2O6/c1-6(22)20-13-15(24)14(23)10(5-21)26-16(13)25-9-4-19-8-3-2-7(17)12(18)11(8)9/h2-4,10,13-16,19,21,23-24H,5H2,1H3,(H,20,22)/t10?,13?,14-,15-,16-/m1/s1. The van der Waals surface area contributed by atoms with Gasteiger partial charge in [-0.05, 0) is 28.1 Å². The van der Waals surface area contributed by atoms with Crippen LogP contribution in [-0.2, 0) is 9.53 Å². The second kappa shape index (κ2) is 7.71. The zero-order valence-electron chi connectivity index (χ0n) is 13.6. The van der Waals surface area contributed by atoms with Crippen molar-refractivity contribution in [2.75, 3.05) is 6.61 Å². The average Bonchev–Trinajstić information content (AvgIpc) is 3.01. The van der Waals surface area contributed by atoms with Crippen LogP contribution in [-0.4, -0.2) is 63.5 Å². The van der Waals surface area contributed by atoms with Crippen molar-refractivity contribution >= 4 is 44.3 Å². The summed E-state index contributed by atoms with van der Waals surface area (Å²) in [7, 11) is 0. The molecule has 26 heavy (non-hydrogen) atoms. The van der Waals surface area contributed by atoms with Gasteiger partial charge < -0.3 is 35.1 Å². The lowest BCUT2D eigenvalue weighted by molar-refractivity contribution is -0.244. The molecule has 0 spiro atoms. The number of aliphatic hydroxyl groups excluding tert-OH is 3. The summed E-state index contributed by atoms with van der Waals surface area (Å²) in [5.74, 6) is -0.0902. The van der Waals surface area contributed by atoms with Crippen molar-refractivity contribution < 1.29 is 29.6 Å². The Balaban J connectivity index is 1.95. The van der Waals surface area contributed by atoms with Crippen molar-refractivity contribution in [1.29, 1.82) is 0 Å². The smallest absolute Gasteiger partial charge is 0.223 e. The Morgan fingerprint density at radius 1 is 1.42 bits per heavy atom. The van der Waals surface area contributed by atoms with Crippen LogP contribution in [0.2, 0.25) is 5.02 Å². The van der Waals surface area contributed by atoms with E-state index >= 15 is 0 Å². The first-order valence-corrected chi connectivity index (χ1v) is 9.02. The van der Waals surface area contributed by atoms with Gasteiger partial charge in [0.1, 0.15) is 30.1 Å². The summed E-state index contributed by atoms with van der Waals surface area (Å²) in [6.07, 6.45) is -3.40. The van der Waals surface area contributed by atoms with Gasteiger partial charge in [-0.2, -0.15) is 0 Å². The van der Waals surface area contributed by atoms with Crippen LogP contribution in [0.1, 0.15) is 6.92 Å². The zero-order valence-corrected chi connectivity index (χ0v) is 16.0. The number of carbonyl (C=O) groups is 1. The fourth-order valence-electron chi connectivity index (χ4n) is 2.92. The maximum Gasteiger partial charge on any atom is 0.223 e. The molecule has 1 saturated heterocycles. The van der Waals surface area contributed by atoms with Crippen molar-refractivity contribution in [3.8, 4) is 5.75 Å². The molecule has 0 saturated carbocycles. The predicted octanol–water partition coefficient (Wildman–Crippen LogP) is 0.906. The van der Waals surface area contributed by atoms with Crippen LogP contribution in [0.25, 0.3) is 10.9 Å². The second-order valence-corrected chi connectivity index (χ2v) is 7.22. The number of halogens is 2. The number of hydrogen-bond donors (Lipinski definition) is 5. The van der Waals surface area contributed by atoms with Crippen LogP contribution < -0.4 is 10.1 Å². The number of rotatable bonds is 4. The number of hydrogen-bond acceptors (Lipinski definition) is 6. The molecular weight excluding hydrogens is 432 g/mol. The monoisotopic (exact) mass is 448 g/mol. The maximum absolute atomic E-state index is 11.5. The third-order valence-corrected chi connectivity index (χ3v) is 5.48. The number of nitrogens with one attached hydrogen (secondary N) is 2. The normalized spacial score (nSPS) is 28.9. The van der Waals surface area contributed by atoms with Gasteiger partial charge in [-0.1, -0.05) is 11.6 Å². The number of fused-ring (bicyclic) bond motifs is 1. The van der Waals surface area contributed by atoms with Gasteiger partial charge in [0.05, 0.1) is 22.5 Å². The molecule has 0 radical (unpaired) electrons. The molecule has 8 nitrogen and oxygen atoms in total. The summed E-state index contributed by atoms with van der Waals surface area (Å²) in [5.41, 5.74) is 0.722. The Hall–Kier alpha value is -1.36. The van der Waals surface area contributed by atoms with E-state index in [4.69, 9.17) is 21.1 Å². The molecule has 3 rings (SSSR count). The first kappa shape index (κ1) is 19.4. The number of aliphatic hydroxyl groups is 3. The Morgan fingerprint density at radius 3 is 2.81 bits per heavy atom. The number of H-pyrrole nitrogens is 1. The molecular formula is C16H18BrClN2O6. The molecule has 2 aromatic rings. The number of amides is 1. The third-order valence-electron chi connectivity index (χ3n) is 4.19. The van der Waals surface area contributed by atoms with Gasteiger partial charge in [0, 0.05) is 17.6 Å². The van der Waals surface area contributed by atoms with E-state index in [2.05, 4.69) is 26.2 Å². The number of carbonyl (C=O) groups excluding carboxylic acids is 1. The Labute approximate surface area is 162 Å². The number of benzene rings is 1. The fourth-order valence-corrected chi connectivity index (χ4v) is 3.50. The summed E-state index contributed by atoms with van der Waals surface area (Å²) < 4.78 is 12.1. The number of aromatic amines is 1. The molecule has 1 aliphatic heterocycles. The van der Waals surface area contributed by atoms with Gasteiger partial charge in [0.15, 0.2) is 0 Å². The lowest BCUT2D eigenvalue weighted by Crippen LogP contribution is -2.65. The fraction of sp³-hybridized carbons (Fsp3) is 0.438. The molecule has 0 bridgehead atoms. The molecule has 142 valence electrons. The average molecular weight is 450 g/mol. The minimum Gasteiger partial charge on any atom is -0.460 e. The Kier molecular flexibility index (Phi) is 5.75. The maximum atomic E-state index is 11.5. The quantitative estimate of drug-likeness (QED) is 0.473. The van der Waals surface area contributed by atoms with Gasteiger partial charge in [0.2, 0.25) is 12.2 Å². The number of aromatic nitrogens is 1. The summed E-state index contributed by atoms with van der Waals surface area (Å²) in [6.45, 7) is 0.749. The first-order valence-electron chi connectivity index (χ1n) is 7.84. The molecule has 1 aromatic carbocycles. The minimum atomic E-state index is -1.39. The van der Waals surface area contributed by atoms with E-state index < -0.39 is 43.2 Å². The highest BCUT2D eigenvalue weighted by Gasteiger charge is 2.46. The van der Waals surface area contributed by atoms with E-state index in [1.165, 1.54) is 6.92 Å². The second-order valence-electron chi connectivity index (χ2n) is 5.99. The SMILES string of the molecule is CC(=O)NC1[C@H](Oc2c[nH]c3ccc(Br)c(Cl)c23)OC(CO)[C@@H](O)[C@@H]1O. The highest BCUT2D eigenvalue weighted by molar-refractivity contribution is 9.10.